The maximum absolute atomic E-state index is 13.2. The number of hydrogen-bond acceptors (Lipinski definition) is 8. The number of hydrogen-bond donors (Lipinski definition) is 0. The van der Waals surface area contributed by atoms with Gasteiger partial charge in [-0.05, 0) is 55.8 Å². The zero-order valence-corrected chi connectivity index (χ0v) is 19.5. The van der Waals surface area contributed by atoms with E-state index in [0.717, 1.165) is 9.87 Å². The molecule has 4 rings (SSSR count). The first kappa shape index (κ1) is 22.7. The van der Waals surface area contributed by atoms with Crippen LogP contribution in [0.2, 0.25) is 0 Å². The monoisotopic (exact) mass is 472 g/mol. The standard InChI is InChI=1S/C22H24N4O6S/c1-14-22(15(2)32-24-14)33(28,29)25(3)13-21(27)26-19(20-6-5-11-31-20)12-18(23-26)16-7-9-17(30-4)10-8-16/h5-11,19H,12-13H2,1-4H3. The van der Waals surface area contributed by atoms with Gasteiger partial charge < -0.3 is 13.7 Å². The molecular weight excluding hydrogens is 448 g/mol. The summed E-state index contributed by atoms with van der Waals surface area (Å²) >= 11 is 0. The van der Waals surface area contributed by atoms with Crippen molar-refractivity contribution in [1.82, 2.24) is 14.5 Å². The molecule has 10 nitrogen and oxygen atoms in total. The van der Waals surface area contributed by atoms with Crippen molar-refractivity contribution < 1.29 is 26.9 Å². The van der Waals surface area contributed by atoms with Crippen molar-refractivity contribution in [2.24, 2.45) is 5.10 Å². The lowest BCUT2D eigenvalue weighted by molar-refractivity contribution is -0.133. The number of amides is 1. The van der Waals surface area contributed by atoms with Gasteiger partial charge in [0.15, 0.2) is 5.76 Å². The van der Waals surface area contributed by atoms with Crippen molar-refractivity contribution in [2.75, 3.05) is 20.7 Å². The number of ether oxygens (including phenoxy) is 1. The maximum Gasteiger partial charge on any atom is 0.258 e. The number of carbonyl (C=O) groups excluding carboxylic acids is 1. The second-order valence-corrected chi connectivity index (χ2v) is 9.64. The Morgan fingerprint density at radius 1 is 1.24 bits per heavy atom. The molecule has 1 aliphatic rings. The van der Waals surface area contributed by atoms with Gasteiger partial charge in [0, 0.05) is 13.5 Å². The van der Waals surface area contributed by atoms with Crippen LogP contribution < -0.4 is 4.74 Å². The van der Waals surface area contributed by atoms with Gasteiger partial charge in [0.1, 0.15) is 28.1 Å². The molecular formula is C22H24N4O6S. The van der Waals surface area contributed by atoms with Gasteiger partial charge in [-0.15, -0.1) is 0 Å². The van der Waals surface area contributed by atoms with Gasteiger partial charge in [-0.1, -0.05) is 5.16 Å². The van der Waals surface area contributed by atoms with Crippen molar-refractivity contribution in [2.45, 2.75) is 31.2 Å². The number of aromatic nitrogens is 1. The molecule has 1 unspecified atom stereocenters. The fourth-order valence-electron chi connectivity index (χ4n) is 3.75. The van der Waals surface area contributed by atoms with Crippen LogP contribution in [0, 0.1) is 13.8 Å². The summed E-state index contributed by atoms with van der Waals surface area (Å²) in [5, 5.41) is 9.52. The summed E-state index contributed by atoms with van der Waals surface area (Å²) in [6, 6.07) is 10.4. The highest BCUT2D eigenvalue weighted by Crippen LogP contribution is 2.34. The summed E-state index contributed by atoms with van der Waals surface area (Å²) in [6.45, 7) is 2.64. The van der Waals surface area contributed by atoms with E-state index in [4.69, 9.17) is 13.7 Å². The first-order valence-corrected chi connectivity index (χ1v) is 11.6. The van der Waals surface area contributed by atoms with E-state index in [2.05, 4.69) is 10.3 Å². The molecule has 0 bridgehead atoms. The van der Waals surface area contributed by atoms with Crippen LogP contribution in [0.1, 0.15) is 35.2 Å². The van der Waals surface area contributed by atoms with E-state index in [1.807, 2.05) is 24.3 Å². The minimum absolute atomic E-state index is 0.0378. The van der Waals surface area contributed by atoms with Crippen LogP contribution in [-0.2, 0) is 14.8 Å². The molecule has 2 aromatic heterocycles. The number of sulfonamides is 1. The van der Waals surface area contributed by atoms with E-state index in [-0.39, 0.29) is 16.3 Å². The van der Waals surface area contributed by atoms with Gasteiger partial charge in [0.25, 0.3) is 5.91 Å². The minimum atomic E-state index is -3.98. The molecule has 33 heavy (non-hydrogen) atoms. The Bertz CT molecular complexity index is 1260. The first-order chi connectivity index (χ1) is 15.7. The lowest BCUT2D eigenvalue weighted by atomic mass is 10.0. The molecule has 0 radical (unpaired) electrons. The zero-order valence-electron chi connectivity index (χ0n) is 18.7. The van der Waals surface area contributed by atoms with Crippen LogP contribution in [0.4, 0.5) is 0 Å². The van der Waals surface area contributed by atoms with Crippen molar-refractivity contribution in [3.05, 3.63) is 65.4 Å². The van der Waals surface area contributed by atoms with Crippen LogP contribution in [0.15, 0.2) is 61.6 Å². The molecule has 0 aliphatic carbocycles. The molecule has 1 atom stereocenters. The van der Waals surface area contributed by atoms with Crippen LogP contribution in [-0.4, -0.2) is 55.2 Å². The predicted molar refractivity (Wildman–Crippen MR) is 118 cm³/mol. The van der Waals surface area contributed by atoms with Crippen molar-refractivity contribution in [3.8, 4) is 5.75 Å². The quantitative estimate of drug-likeness (QED) is 0.519. The summed E-state index contributed by atoms with van der Waals surface area (Å²) < 4.78 is 42.8. The molecule has 1 amide bonds. The summed E-state index contributed by atoms with van der Waals surface area (Å²) in [7, 11) is -1.06. The minimum Gasteiger partial charge on any atom is -0.497 e. The summed E-state index contributed by atoms with van der Waals surface area (Å²) in [5.41, 5.74) is 1.75. The lowest BCUT2D eigenvalue weighted by Crippen LogP contribution is -2.39. The topological polar surface area (TPSA) is 118 Å². The average molecular weight is 473 g/mol. The van der Waals surface area contributed by atoms with Crippen molar-refractivity contribution in [3.63, 3.8) is 0 Å². The van der Waals surface area contributed by atoms with E-state index < -0.39 is 28.5 Å². The highest BCUT2D eigenvalue weighted by atomic mass is 32.2. The third-order valence-electron chi connectivity index (χ3n) is 5.45. The zero-order chi connectivity index (χ0) is 23.8. The highest BCUT2D eigenvalue weighted by Gasteiger charge is 2.37. The molecule has 0 N–H and O–H groups in total. The van der Waals surface area contributed by atoms with Crippen LogP contribution in [0.25, 0.3) is 0 Å². The van der Waals surface area contributed by atoms with Crippen molar-refractivity contribution in [1.29, 1.82) is 0 Å². The second kappa shape index (κ2) is 8.83. The third kappa shape index (κ3) is 4.29. The normalized spacial score (nSPS) is 16.3. The molecule has 3 aromatic rings. The number of hydrazone groups is 1. The van der Waals surface area contributed by atoms with Crippen molar-refractivity contribution >= 4 is 21.6 Å². The molecule has 0 fully saturated rings. The predicted octanol–water partition coefficient (Wildman–Crippen LogP) is 2.89. The number of likely N-dealkylation sites (N-methyl/N-ethyl adjacent to an activating group) is 1. The Balaban J connectivity index is 1.61. The maximum atomic E-state index is 13.2. The van der Waals surface area contributed by atoms with Gasteiger partial charge in [-0.3, -0.25) is 4.79 Å². The molecule has 3 heterocycles. The van der Waals surface area contributed by atoms with E-state index in [1.54, 1.807) is 19.2 Å². The number of nitrogens with zero attached hydrogens (tertiary/aromatic N) is 4. The molecule has 1 aliphatic heterocycles. The lowest BCUT2D eigenvalue weighted by Gasteiger charge is -2.23. The number of methoxy groups -OCH3 is 1. The Morgan fingerprint density at radius 2 is 1.97 bits per heavy atom. The summed E-state index contributed by atoms with van der Waals surface area (Å²) in [6.07, 6.45) is 1.95. The van der Waals surface area contributed by atoms with Gasteiger partial charge in [0.2, 0.25) is 10.0 Å². The molecule has 1 aromatic carbocycles. The molecule has 0 saturated carbocycles. The van der Waals surface area contributed by atoms with Crippen LogP contribution in [0.3, 0.4) is 0 Å². The van der Waals surface area contributed by atoms with E-state index in [0.29, 0.717) is 23.6 Å². The number of benzene rings is 1. The average Bonchev–Trinajstić information content (AvgIpc) is 3.53. The van der Waals surface area contributed by atoms with E-state index >= 15 is 0 Å². The Kier molecular flexibility index (Phi) is 6.09. The van der Waals surface area contributed by atoms with Gasteiger partial charge in [0.05, 0.1) is 25.6 Å². The summed E-state index contributed by atoms with van der Waals surface area (Å²) in [4.78, 5) is 13.2. The number of rotatable bonds is 7. The van der Waals surface area contributed by atoms with Gasteiger partial charge >= 0.3 is 0 Å². The number of aryl methyl sites for hydroxylation is 2. The Morgan fingerprint density at radius 3 is 2.55 bits per heavy atom. The molecule has 11 heteroatoms. The highest BCUT2D eigenvalue weighted by molar-refractivity contribution is 7.89. The largest absolute Gasteiger partial charge is 0.497 e. The smallest absolute Gasteiger partial charge is 0.258 e. The summed E-state index contributed by atoms with van der Waals surface area (Å²) in [5.74, 6) is 0.949. The Labute approximate surface area is 191 Å². The van der Waals surface area contributed by atoms with E-state index in [9.17, 15) is 13.2 Å². The van der Waals surface area contributed by atoms with Crippen LogP contribution >= 0.6 is 0 Å². The van der Waals surface area contributed by atoms with Gasteiger partial charge in [-0.25, -0.2) is 13.4 Å². The van der Waals surface area contributed by atoms with E-state index in [1.165, 1.54) is 32.2 Å². The SMILES string of the molecule is COc1ccc(C2=NN(C(=O)CN(C)S(=O)(=O)c3c(C)noc3C)C(c3ccco3)C2)cc1. The first-order valence-electron chi connectivity index (χ1n) is 10.2. The Hall–Kier alpha value is -3.44. The third-order valence-corrected chi connectivity index (χ3v) is 7.50. The fourth-order valence-corrected chi connectivity index (χ4v) is 5.15. The van der Waals surface area contributed by atoms with Crippen LogP contribution in [0.5, 0.6) is 5.75 Å². The number of carbonyl (C=O) groups is 1. The second-order valence-electron chi connectivity index (χ2n) is 7.66. The fraction of sp³-hybridized carbons (Fsp3) is 0.318. The molecule has 0 saturated heterocycles. The molecule has 174 valence electrons. The molecule has 0 spiro atoms. The number of furan rings is 1. The van der Waals surface area contributed by atoms with Gasteiger partial charge in [-0.2, -0.15) is 9.41 Å².